The fourth-order valence-electron chi connectivity index (χ4n) is 1.62. The molecule has 3 nitrogen and oxygen atoms in total. The van der Waals surface area contributed by atoms with Crippen molar-refractivity contribution < 1.29 is 4.79 Å². The van der Waals surface area contributed by atoms with Crippen LogP contribution >= 0.6 is 0 Å². The molecule has 0 saturated heterocycles. The number of carbonyl (C=O) groups excluding carboxylic acids is 1. The van der Waals surface area contributed by atoms with Gasteiger partial charge in [-0.3, -0.25) is 0 Å². The number of hydrogen-bond acceptors (Lipinski definition) is 3. The summed E-state index contributed by atoms with van der Waals surface area (Å²) in [6.07, 6.45) is 1.53. The van der Waals surface area contributed by atoms with Gasteiger partial charge in [-0.05, 0) is 23.8 Å². The summed E-state index contributed by atoms with van der Waals surface area (Å²) in [7, 11) is 0. The summed E-state index contributed by atoms with van der Waals surface area (Å²) in [4.78, 5) is 14.0. The van der Waals surface area contributed by atoms with Crippen LogP contribution in [0.4, 0.5) is 5.69 Å². The summed E-state index contributed by atoms with van der Waals surface area (Å²) < 4.78 is 0. The normalized spacial score (nSPS) is 9.12. The number of hydrogen-bond donors (Lipinski definition) is 0. The summed E-state index contributed by atoms with van der Waals surface area (Å²) in [5.74, 6) is 0. The third kappa shape index (κ3) is 2.28. The van der Waals surface area contributed by atoms with Gasteiger partial charge in [0.2, 0.25) is 6.08 Å². The van der Waals surface area contributed by atoms with E-state index in [0.717, 1.165) is 11.1 Å². The molecule has 0 saturated carbocycles. The van der Waals surface area contributed by atoms with Crippen molar-refractivity contribution in [1.29, 1.82) is 5.26 Å². The lowest BCUT2D eigenvalue weighted by Crippen LogP contribution is -1.80. The number of rotatable bonds is 2. The number of nitriles is 1. The van der Waals surface area contributed by atoms with Crippen molar-refractivity contribution in [3.05, 3.63) is 54.1 Å². The van der Waals surface area contributed by atoms with Gasteiger partial charge < -0.3 is 0 Å². The van der Waals surface area contributed by atoms with Gasteiger partial charge in [-0.25, -0.2) is 4.79 Å². The Labute approximate surface area is 98.7 Å². The molecule has 0 aliphatic rings. The van der Waals surface area contributed by atoms with Crippen molar-refractivity contribution in [3.8, 4) is 17.2 Å². The summed E-state index contributed by atoms with van der Waals surface area (Å²) in [6.45, 7) is 0. The zero-order valence-corrected chi connectivity index (χ0v) is 8.92. The second-order valence-corrected chi connectivity index (χ2v) is 3.41. The highest BCUT2D eigenvalue weighted by molar-refractivity contribution is 5.77. The molecule has 0 atom stereocenters. The van der Waals surface area contributed by atoms with Crippen molar-refractivity contribution in [3.63, 3.8) is 0 Å². The minimum atomic E-state index is 0.553. The van der Waals surface area contributed by atoms with E-state index < -0.39 is 0 Å². The Morgan fingerprint density at radius 3 is 2.65 bits per heavy atom. The number of benzene rings is 2. The van der Waals surface area contributed by atoms with E-state index in [4.69, 9.17) is 5.26 Å². The summed E-state index contributed by atoms with van der Waals surface area (Å²) >= 11 is 0. The van der Waals surface area contributed by atoms with E-state index in [1.54, 1.807) is 30.3 Å². The molecular weight excluding hydrogens is 212 g/mol. The van der Waals surface area contributed by atoms with E-state index in [1.165, 1.54) is 6.08 Å². The number of aliphatic imine (C=N–C) groups is 1. The van der Waals surface area contributed by atoms with E-state index in [1.807, 2.05) is 18.2 Å². The third-order valence-corrected chi connectivity index (χ3v) is 2.37. The number of isocyanates is 1. The fourth-order valence-corrected chi connectivity index (χ4v) is 1.62. The van der Waals surface area contributed by atoms with Gasteiger partial charge >= 0.3 is 0 Å². The third-order valence-electron chi connectivity index (χ3n) is 2.37. The molecule has 0 radical (unpaired) electrons. The summed E-state index contributed by atoms with van der Waals surface area (Å²) in [5, 5.41) is 8.85. The molecule has 80 valence electrons. The summed E-state index contributed by atoms with van der Waals surface area (Å²) in [5.41, 5.74) is 2.80. The highest BCUT2D eigenvalue weighted by Gasteiger charge is 2.04. The van der Waals surface area contributed by atoms with E-state index >= 15 is 0 Å². The van der Waals surface area contributed by atoms with Crippen LogP contribution in [0.3, 0.4) is 0 Å². The molecule has 0 aliphatic carbocycles. The maximum Gasteiger partial charge on any atom is 0.240 e. The van der Waals surface area contributed by atoms with Crippen molar-refractivity contribution in [2.24, 2.45) is 4.99 Å². The van der Waals surface area contributed by atoms with Crippen LogP contribution in [0.15, 0.2) is 53.5 Å². The predicted molar refractivity (Wildman–Crippen MR) is 64.4 cm³/mol. The lowest BCUT2D eigenvalue weighted by Gasteiger charge is -2.04. The van der Waals surface area contributed by atoms with Crippen molar-refractivity contribution in [1.82, 2.24) is 0 Å². The Kier molecular flexibility index (Phi) is 3.11. The predicted octanol–water partition coefficient (Wildman–Crippen LogP) is 3.19. The molecular formula is C14H8N2O. The van der Waals surface area contributed by atoms with E-state index in [0.29, 0.717) is 11.3 Å². The fraction of sp³-hybridized carbons (Fsp3) is 0. The first-order valence-electron chi connectivity index (χ1n) is 5.02. The molecule has 0 N–H and O–H groups in total. The first-order chi connectivity index (χ1) is 8.35. The van der Waals surface area contributed by atoms with Crippen molar-refractivity contribution >= 4 is 11.8 Å². The molecule has 3 heteroatoms. The largest absolute Gasteiger partial charge is 0.240 e. The van der Waals surface area contributed by atoms with Crippen LogP contribution in [-0.2, 0) is 4.79 Å². The highest BCUT2D eigenvalue weighted by Crippen LogP contribution is 2.29. The van der Waals surface area contributed by atoms with E-state index in [-0.39, 0.29) is 0 Å². The average Bonchev–Trinajstić information content (AvgIpc) is 2.40. The Morgan fingerprint density at radius 2 is 1.88 bits per heavy atom. The lowest BCUT2D eigenvalue weighted by atomic mass is 10.0. The molecule has 0 spiro atoms. The minimum absolute atomic E-state index is 0.553. The van der Waals surface area contributed by atoms with Gasteiger partial charge in [0.15, 0.2) is 0 Å². The first-order valence-corrected chi connectivity index (χ1v) is 5.02. The second-order valence-electron chi connectivity index (χ2n) is 3.41. The van der Waals surface area contributed by atoms with Crippen LogP contribution in [0.1, 0.15) is 5.56 Å². The van der Waals surface area contributed by atoms with Crippen LogP contribution in [0.5, 0.6) is 0 Å². The van der Waals surface area contributed by atoms with Crippen LogP contribution in [-0.4, -0.2) is 6.08 Å². The van der Waals surface area contributed by atoms with Gasteiger partial charge in [0.05, 0.1) is 17.3 Å². The van der Waals surface area contributed by atoms with Crippen LogP contribution in [0.25, 0.3) is 11.1 Å². The van der Waals surface area contributed by atoms with Crippen molar-refractivity contribution in [2.75, 3.05) is 0 Å². The maximum absolute atomic E-state index is 10.3. The molecule has 0 bridgehead atoms. The SMILES string of the molecule is N#Cc1cccc(-c2ccccc2N=C=O)c1. The standard InChI is InChI=1S/C14H8N2O/c15-9-11-4-3-5-12(8-11)13-6-1-2-7-14(13)16-10-17/h1-8H. The monoisotopic (exact) mass is 220 g/mol. The molecule has 0 heterocycles. The van der Waals surface area contributed by atoms with Gasteiger partial charge in [-0.1, -0.05) is 30.3 Å². The lowest BCUT2D eigenvalue weighted by molar-refractivity contribution is 0.565. The zero-order chi connectivity index (χ0) is 12.1. The summed E-state index contributed by atoms with van der Waals surface area (Å²) in [6, 6.07) is 16.5. The highest BCUT2D eigenvalue weighted by atomic mass is 16.1. The molecule has 0 fully saturated rings. The van der Waals surface area contributed by atoms with Crippen molar-refractivity contribution in [2.45, 2.75) is 0 Å². The molecule has 2 rings (SSSR count). The van der Waals surface area contributed by atoms with Crippen LogP contribution in [0, 0.1) is 11.3 Å². The zero-order valence-electron chi connectivity index (χ0n) is 8.92. The molecule has 2 aromatic carbocycles. The minimum Gasteiger partial charge on any atom is -0.211 e. The Morgan fingerprint density at radius 1 is 1.06 bits per heavy atom. The Hall–Kier alpha value is -2.69. The van der Waals surface area contributed by atoms with Crippen LogP contribution in [0.2, 0.25) is 0 Å². The van der Waals surface area contributed by atoms with Gasteiger partial charge in [-0.2, -0.15) is 10.3 Å². The second kappa shape index (κ2) is 4.89. The van der Waals surface area contributed by atoms with Crippen LogP contribution < -0.4 is 0 Å². The Bertz CT molecular complexity index is 635. The maximum atomic E-state index is 10.3. The quantitative estimate of drug-likeness (QED) is 0.576. The first kappa shape index (κ1) is 10.8. The van der Waals surface area contributed by atoms with E-state index in [2.05, 4.69) is 11.1 Å². The van der Waals surface area contributed by atoms with Gasteiger partial charge in [0.25, 0.3) is 0 Å². The van der Waals surface area contributed by atoms with Gasteiger partial charge in [0.1, 0.15) is 0 Å². The molecule has 0 amide bonds. The number of nitrogens with zero attached hydrogens (tertiary/aromatic N) is 2. The molecule has 0 aromatic heterocycles. The molecule has 2 aromatic rings. The van der Waals surface area contributed by atoms with E-state index in [9.17, 15) is 4.79 Å². The molecule has 17 heavy (non-hydrogen) atoms. The Balaban J connectivity index is 2.60. The van der Waals surface area contributed by atoms with Gasteiger partial charge in [0, 0.05) is 5.56 Å². The average molecular weight is 220 g/mol. The van der Waals surface area contributed by atoms with Gasteiger partial charge in [-0.15, -0.1) is 0 Å². The molecule has 0 unspecified atom stereocenters. The molecule has 0 aliphatic heterocycles. The smallest absolute Gasteiger partial charge is 0.211 e. The topological polar surface area (TPSA) is 53.2 Å². The number of para-hydroxylation sites is 1.